The first-order valence-electron chi connectivity index (χ1n) is 7.43. The summed E-state index contributed by atoms with van der Waals surface area (Å²) < 4.78 is 1.84. The normalized spacial score (nSPS) is 12.7. The smallest absolute Gasteiger partial charge is 0.124 e. The molecule has 1 aromatic heterocycles. The Morgan fingerprint density at radius 3 is 2.19 bits per heavy atom. The van der Waals surface area contributed by atoms with Crippen molar-refractivity contribution in [3.63, 3.8) is 0 Å². The second-order valence-electron chi connectivity index (χ2n) is 7.74. The highest BCUT2D eigenvalue weighted by Crippen LogP contribution is 2.37. The average molecular weight is 286 g/mol. The molecule has 0 saturated carbocycles. The topological polar surface area (TPSA) is 38.0 Å². The summed E-state index contributed by atoms with van der Waals surface area (Å²) in [6.45, 7) is 13.6. The van der Waals surface area contributed by atoms with Gasteiger partial charge < -0.3 is 5.11 Å². The van der Waals surface area contributed by atoms with Gasteiger partial charge in [0.15, 0.2) is 0 Å². The van der Waals surface area contributed by atoms with E-state index in [1.807, 2.05) is 16.9 Å². The summed E-state index contributed by atoms with van der Waals surface area (Å²) >= 11 is 0. The highest BCUT2D eigenvalue weighted by molar-refractivity contribution is 5.48. The first-order valence-corrected chi connectivity index (χ1v) is 7.43. The van der Waals surface area contributed by atoms with Crippen molar-refractivity contribution in [3.8, 4) is 5.75 Å². The Morgan fingerprint density at radius 2 is 1.71 bits per heavy atom. The molecule has 1 N–H and O–H groups in total. The number of phenolic OH excluding ortho intramolecular Hbond substituents is 1. The van der Waals surface area contributed by atoms with Crippen LogP contribution in [0, 0.1) is 0 Å². The lowest BCUT2D eigenvalue weighted by atomic mass is 9.79. The Bertz CT molecular complexity index is 614. The second-order valence-corrected chi connectivity index (χ2v) is 7.74. The van der Waals surface area contributed by atoms with E-state index in [9.17, 15) is 5.11 Å². The van der Waals surface area contributed by atoms with Crippen molar-refractivity contribution in [2.45, 2.75) is 58.9 Å². The maximum atomic E-state index is 10.7. The minimum atomic E-state index is -0.0930. The van der Waals surface area contributed by atoms with E-state index >= 15 is 0 Å². The molecule has 114 valence electrons. The SMILES string of the molecule is CC(C)(C)c1cc(Cn2cccn2)c(O)c(C(C)(C)C)c1. The zero-order valence-corrected chi connectivity index (χ0v) is 13.9. The fraction of sp³-hybridized carbons (Fsp3) is 0.500. The zero-order valence-electron chi connectivity index (χ0n) is 13.9. The number of phenols is 1. The summed E-state index contributed by atoms with van der Waals surface area (Å²) in [5.41, 5.74) is 3.12. The van der Waals surface area contributed by atoms with Gasteiger partial charge in [0.05, 0.1) is 6.54 Å². The molecule has 1 heterocycles. The molecule has 0 aliphatic heterocycles. The molecule has 0 aliphatic carbocycles. The van der Waals surface area contributed by atoms with Crippen LogP contribution in [0.5, 0.6) is 5.75 Å². The highest BCUT2D eigenvalue weighted by Gasteiger charge is 2.24. The van der Waals surface area contributed by atoms with Crippen LogP contribution in [-0.4, -0.2) is 14.9 Å². The van der Waals surface area contributed by atoms with Crippen molar-refractivity contribution < 1.29 is 5.11 Å². The molecular weight excluding hydrogens is 260 g/mol. The number of aromatic nitrogens is 2. The molecular formula is C18H26N2O. The molecule has 0 atom stereocenters. The molecule has 3 heteroatoms. The molecule has 2 rings (SSSR count). The van der Waals surface area contributed by atoms with Crippen molar-refractivity contribution in [3.05, 3.63) is 47.3 Å². The van der Waals surface area contributed by atoms with Gasteiger partial charge in [-0.15, -0.1) is 0 Å². The van der Waals surface area contributed by atoms with Crippen LogP contribution in [0.15, 0.2) is 30.6 Å². The molecule has 0 saturated heterocycles. The molecule has 0 bridgehead atoms. The van der Waals surface area contributed by atoms with Gasteiger partial charge in [0.25, 0.3) is 0 Å². The van der Waals surface area contributed by atoms with E-state index in [0.717, 1.165) is 11.1 Å². The van der Waals surface area contributed by atoms with Gasteiger partial charge in [-0.3, -0.25) is 4.68 Å². The van der Waals surface area contributed by atoms with Gasteiger partial charge in [0.1, 0.15) is 5.75 Å². The van der Waals surface area contributed by atoms with Crippen molar-refractivity contribution in [2.24, 2.45) is 0 Å². The summed E-state index contributed by atoms with van der Waals surface area (Å²) in [5.74, 6) is 0.394. The molecule has 1 aromatic carbocycles. The molecule has 0 unspecified atom stereocenters. The minimum Gasteiger partial charge on any atom is -0.507 e. The number of nitrogens with zero attached hydrogens (tertiary/aromatic N) is 2. The molecule has 21 heavy (non-hydrogen) atoms. The number of aromatic hydroxyl groups is 1. The van der Waals surface area contributed by atoms with Crippen LogP contribution in [0.3, 0.4) is 0 Å². The Hall–Kier alpha value is -1.77. The Balaban J connectivity index is 2.57. The van der Waals surface area contributed by atoms with E-state index in [1.165, 1.54) is 5.56 Å². The third-order valence-electron chi connectivity index (χ3n) is 3.75. The molecule has 0 radical (unpaired) electrons. The van der Waals surface area contributed by atoms with Gasteiger partial charge >= 0.3 is 0 Å². The van der Waals surface area contributed by atoms with E-state index in [-0.39, 0.29) is 10.8 Å². The molecule has 2 aromatic rings. The maximum absolute atomic E-state index is 10.7. The maximum Gasteiger partial charge on any atom is 0.124 e. The quantitative estimate of drug-likeness (QED) is 0.897. The summed E-state index contributed by atoms with van der Waals surface area (Å²) in [6.07, 6.45) is 3.68. The van der Waals surface area contributed by atoms with Gasteiger partial charge in [0.2, 0.25) is 0 Å². The van der Waals surface area contributed by atoms with E-state index in [2.05, 4.69) is 58.8 Å². The summed E-state index contributed by atoms with van der Waals surface area (Å²) in [7, 11) is 0. The van der Waals surface area contributed by atoms with Gasteiger partial charge in [-0.1, -0.05) is 47.6 Å². The Labute approximate surface area is 127 Å². The second kappa shape index (κ2) is 5.21. The van der Waals surface area contributed by atoms with Crippen LogP contribution in [0.2, 0.25) is 0 Å². The first kappa shape index (κ1) is 15.6. The van der Waals surface area contributed by atoms with Crippen molar-refractivity contribution in [2.75, 3.05) is 0 Å². The lowest BCUT2D eigenvalue weighted by Crippen LogP contribution is -2.18. The van der Waals surface area contributed by atoms with E-state index < -0.39 is 0 Å². The van der Waals surface area contributed by atoms with Gasteiger partial charge in [0, 0.05) is 18.0 Å². The van der Waals surface area contributed by atoms with Gasteiger partial charge in [-0.25, -0.2) is 0 Å². The fourth-order valence-electron chi connectivity index (χ4n) is 2.39. The van der Waals surface area contributed by atoms with Crippen LogP contribution in [0.1, 0.15) is 58.2 Å². The van der Waals surface area contributed by atoms with E-state index in [1.54, 1.807) is 6.20 Å². The number of hydrogen-bond donors (Lipinski definition) is 1. The average Bonchev–Trinajstić information content (AvgIpc) is 2.81. The first-order chi connectivity index (χ1) is 9.59. The largest absolute Gasteiger partial charge is 0.507 e. The van der Waals surface area contributed by atoms with Crippen molar-refractivity contribution in [1.29, 1.82) is 0 Å². The van der Waals surface area contributed by atoms with Crippen LogP contribution < -0.4 is 0 Å². The Kier molecular flexibility index (Phi) is 3.87. The van der Waals surface area contributed by atoms with Gasteiger partial charge in [-0.05, 0) is 34.1 Å². The Morgan fingerprint density at radius 1 is 1.05 bits per heavy atom. The molecule has 0 aliphatic rings. The number of hydrogen-bond acceptors (Lipinski definition) is 2. The summed E-state index contributed by atoms with van der Waals surface area (Å²) in [4.78, 5) is 0. The minimum absolute atomic E-state index is 0.0482. The van der Waals surface area contributed by atoms with Crippen molar-refractivity contribution in [1.82, 2.24) is 9.78 Å². The number of rotatable bonds is 2. The zero-order chi connectivity index (χ0) is 15.8. The lowest BCUT2D eigenvalue weighted by molar-refractivity contribution is 0.434. The third-order valence-corrected chi connectivity index (χ3v) is 3.75. The standard InChI is InChI=1S/C18H26N2O/c1-17(2,3)14-10-13(12-20-9-7-8-19-20)16(21)15(11-14)18(4,5)6/h7-11,21H,12H2,1-6H3. The summed E-state index contributed by atoms with van der Waals surface area (Å²) in [5, 5.41) is 14.9. The van der Waals surface area contributed by atoms with Crippen LogP contribution in [0.4, 0.5) is 0 Å². The number of benzene rings is 1. The van der Waals surface area contributed by atoms with E-state index in [0.29, 0.717) is 12.3 Å². The predicted octanol–water partition coefficient (Wildman–Crippen LogP) is 4.23. The lowest BCUT2D eigenvalue weighted by Gasteiger charge is -2.27. The molecule has 0 spiro atoms. The predicted molar refractivity (Wildman–Crippen MR) is 86.8 cm³/mol. The monoisotopic (exact) mass is 286 g/mol. The molecule has 0 amide bonds. The van der Waals surface area contributed by atoms with Gasteiger partial charge in [-0.2, -0.15) is 5.10 Å². The molecule has 0 fully saturated rings. The third kappa shape index (κ3) is 3.46. The van der Waals surface area contributed by atoms with Crippen molar-refractivity contribution >= 4 is 0 Å². The van der Waals surface area contributed by atoms with Crippen LogP contribution >= 0.6 is 0 Å². The van der Waals surface area contributed by atoms with E-state index in [4.69, 9.17) is 0 Å². The van der Waals surface area contributed by atoms with Crippen LogP contribution in [-0.2, 0) is 17.4 Å². The highest BCUT2D eigenvalue weighted by atomic mass is 16.3. The fourth-order valence-corrected chi connectivity index (χ4v) is 2.39. The molecule has 3 nitrogen and oxygen atoms in total. The summed E-state index contributed by atoms with van der Waals surface area (Å²) in [6, 6.07) is 6.14. The van der Waals surface area contributed by atoms with Crippen LogP contribution in [0.25, 0.3) is 0 Å².